The summed E-state index contributed by atoms with van der Waals surface area (Å²) in [6, 6.07) is 11.2. The fourth-order valence-electron chi connectivity index (χ4n) is 3.10. The number of nitriles is 1. The number of aryl methyl sites for hydroxylation is 1. The fraction of sp³-hybridized carbons (Fsp3) is 0.217. The predicted octanol–water partition coefficient (Wildman–Crippen LogP) is 2.77. The summed E-state index contributed by atoms with van der Waals surface area (Å²) >= 11 is 0. The van der Waals surface area contributed by atoms with Gasteiger partial charge in [0.05, 0.1) is 19.9 Å². The minimum Gasteiger partial charge on any atom is -0.493 e. The topological polar surface area (TPSA) is 102 Å². The van der Waals surface area contributed by atoms with Gasteiger partial charge in [-0.25, -0.2) is 0 Å². The monoisotopic (exact) mass is 417 g/mol. The van der Waals surface area contributed by atoms with E-state index in [0.29, 0.717) is 35.7 Å². The molecule has 2 aromatic heterocycles. The first-order chi connectivity index (χ1) is 15.0. The highest BCUT2D eigenvalue weighted by molar-refractivity contribution is 6.02. The summed E-state index contributed by atoms with van der Waals surface area (Å²) < 4.78 is 12.2. The molecule has 8 heteroatoms. The summed E-state index contributed by atoms with van der Waals surface area (Å²) in [7, 11) is 4.94. The van der Waals surface area contributed by atoms with Gasteiger partial charge in [-0.05, 0) is 42.3 Å². The standard InChI is InChI=1S/C23H23N5O3/c1-28-15-19(22(27-28)17-7-9-25-10-8-17)13-18(14-24)23(29)26-11-6-16-4-5-20(30-2)21(12-16)31-3/h4-5,7-10,12-13,15H,6,11H2,1-3H3,(H,26,29)/b18-13-. The molecule has 3 aromatic rings. The van der Waals surface area contributed by atoms with Crippen molar-refractivity contribution in [3.63, 3.8) is 0 Å². The van der Waals surface area contributed by atoms with Crippen LogP contribution in [0.25, 0.3) is 17.3 Å². The molecule has 0 unspecified atom stereocenters. The van der Waals surface area contributed by atoms with E-state index in [2.05, 4.69) is 15.4 Å². The van der Waals surface area contributed by atoms with Crippen molar-refractivity contribution >= 4 is 12.0 Å². The molecule has 0 saturated carbocycles. The molecule has 0 radical (unpaired) electrons. The largest absolute Gasteiger partial charge is 0.493 e. The number of rotatable bonds is 8. The molecule has 158 valence electrons. The first-order valence-electron chi connectivity index (χ1n) is 9.60. The zero-order chi connectivity index (χ0) is 22.2. The number of amides is 1. The number of carbonyl (C=O) groups is 1. The van der Waals surface area contributed by atoms with E-state index >= 15 is 0 Å². The quantitative estimate of drug-likeness (QED) is 0.447. The van der Waals surface area contributed by atoms with Crippen molar-refractivity contribution in [2.45, 2.75) is 6.42 Å². The molecule has 0 atom stereocenters. The highest BCUT2D eigenvalue weighted by Gasteiger charge is 2.14. The van der Waals surface area contributed by atoms with E-state index < -0.39 is 5.91 Å². The van der Waals surface area contributed by atoms with Crippen LogP contribution in [0, 0.1) is 11.3 Å². The molecule has 3 rings (SSSR count). The summed E-state index contributed by atoms with van der Waals surface area (Å²) in [4.78, 5) is 16.6. The molecular weight excluding hydrogens is 394 g/mol. The SMILES string of the molecule is COc1ccc(CCNC(=O)/C(C#N)=C\c2cn(C)nc2-c2ccncc2)cc1OC. The number of hydrogen-bond donors (Lipinski definition) is 1. The summed E-state index contributed by atoms with van der Waals surface area (Å²) in [5, 5.41) is 16.8. The Morgan fingerprint density at radius 2 is 1.94 bits per heavy atom. The van der Waals surface area contributed by atoms with E-state index in [1.807, 2.05) is 36.4 Å². The van der Waals surface area contributed by atoms with Crippen LogP contribution in [0.1, 0.15) is 11.1 Å². The lowest BCUT2D eigenvalue weighted by molar-refractivity contribution is -0.117. The van der Waals surface area contributed by atoms with Crippen molar-refractivity contribution in [3.8, 4) is 28.8 Å². The van der Waals surface area contributed by atoms with Crippen molar-refractivity contribution in [1.29, 1.82) is 5.26 Å². The number of methoxy groups -OCH3 is 2. The Morgan fingerprint density at radius 3 is 2.61 bits per heavy atom. The summed E-state index contributed by atoms with van der Waals surface area (Å²) in [6.45, 7) is 0.373. The van der Waals surface area contributed by atoms with Crippen molar-refractivity contribution in [2.75, 3.05) is 20.8 Å². The van der Waals surface area contributed by atoms with Crippen LogP contribution in [0.15, 0.2) is 54.5 Å². The highest BCUT2D eigenvalue weighted by atomic mass is 16.5. The lowest BCUT2D eigenvalue weighted by Gasteiger charge is -2.10. The first-order valence-corrected chi connectivity index (χ1v) is 9.60. The van der Waals surface area contributed by atoms with Gasteiger partial charge in [-0.1, -0.05) is 6.07 Å². The van der Waals surface area contributed by atoms with E-state index in [9.17, 15) is 10.1 Å². The van der Waals surface area contributed by atoms with Gasteiger partial charge >= 0.3 is 0 Å². The van der Waals surface area contributed by atoms with E-state index in [0.717, 1.165) is 11.1 Å². The molecule has 31 heavy (non-hydrogen) atoms. The van der Waals surface area contributed by atoms with Crippen LogP contribution in [0.3, 0.4) is 0 Å². The van der Waals surface area contributed by atoms with Crippen molar-refractivity contribution in [3.05, 3.63) is 65.6 Å². The third-order valence-electron chi connectivity index (χ3n) is 4.62. The van der Waals surface area contributed by atoms with Crippen LogP contribution in [0.2, 0.25) is 0 Å². The highest BCUT2D eigenvalue weighted by Crippen LogP contribution is 2.27. The zero-order valence-corrected chi connectivity index (χ0v) is 17.6. The van der Waals surface area contributed by atoms with Crippen LogP contribution in [0.4, 0.5) is 0 Å². The summed E-state index contributed by atoms with van der Waals surface area (Å²) in [5.41, 5.74) is 3.20. The van der Waals surface area contributed by atoms with Crippen LogP contribution in [-0.4, -0.2) is 41.4 Å². The van der Waals surface area contributed by atoms with Gasteiger partial charge in [-0.3, -0.25) is 14.5 Å². The second-order valence-corrected chi connectivity index (χ2v) is 6.71. The zero-order valence-electron chi connectivity index (χ0n) is 17.6. The molecule has 0 bridgehead atoms. The number of hydrogen-bond acceptors (Lipinski definition) is 6. The molecule has 0 aliphatic heterocycles. The number of nitrogens with one attached hydrogen (secondary N) is 1. The minimum atomic E-state index is -0.437. The van der Waals surface area contributed by atoms with E-state index in [-0.39, 0.29) is 5.57 Å². The second kappa shape index (κ2) is 10.1. The molecule has 1 amide bonds. The molecular formula is C23H23N5O3. The molecule has 1 aromatic carbocycles. The third-order valence-corrected chi connectivity index (χ3v) is 4.62. The normalized spacial score (nSPS) is 11.0. The van der Waals surface area contributed by atoms with Gasteiger partial charge in [0.2, 0.25) is 0 Å². The molecule has 8 nitrogen and oxygen atoms in total. The van der Waals surface area contributed by atoms with Gasteiger partial charge in [0.15, 0.2) is 11.5 Å². The van der Waals surface area contributed by atoms with Gasteiger partial charge in [0.25, 0.3) is 5.91 Å². The Hall–Kier alpha value is -4.12. The molecule has 0 spiro atoms. The maximum absolute atomic E-state index is 12.6. The van der Waals surface area contributed by atoms with Crippen LogP contribution >= 0.6 is 0 Å². The maximum atomic E-state index is 12.6. The smallest absolute Gasteiger partial charge is 0.261 e. The van der Waals surface area contributed by atoms with Gasteiger partial charge < -0.3 is 14.8 Å². The second-order valence-electron chi connectivity index (χ2n) is 6.71. The molecule has 1 N–H and O–H groups in total. The van der Waals surface area contributed by atoms with Gasteiger partial charge in [0, 0.05) is 43.3 Å². The summed E-state index contributed by atoms with van der Waals surface area (Å²) in [6.07, 6.45) is 7.24. The van der Waals surface area contributed by atoms with Gasteiger partial charge in [-0.2, -0.15) is 10.4 Å². The minimum absolute atomic E-state index is 0.00983. The van der Waals surface area contributed by atoms with E-state index in [1.54, 1.807) is 50.6 Å². The third kappa shape index (κ3) is 5.28. The fourth-order valence-corrected chi connectivity index (χ4v) is 3.10. The Morgan fingerprint density at radius 1 is 1.19 bits per heavy atom. The molecule has 0 saturated heterocycles. The molecule has 0 fully saturated rings. The maximum Gasteiger partial charge on any atom is 0.261 e. The predicted molar refractivity (Wildman–Crippen MR) is 116 cm³/mol. The van der Waals surface area contributed by atoms with E-state index in [1.165, 1.54) is 0 Å². The van der Waals surface area contributed by atoms with Crippen LogP contribution < -0.4 is 14.8 Å². The number of carbonyl (C=O) groups excluding carboxylic acids is 1. The van der Waals surface area contributed by atoms with Gasteiger partial charge in [-0.15, -0.1) is 0 Å². The van der Waals surface area contributed by atoms with Gasteiger partial charge in [0.1, 0.15) is 11.6 Å². The summed E-state index contributed by atoms with van der Waals surface area (Å²) in [5.74, 6) is 0.836. The Labute approximate surface area is 180 Å². The average Bonchev–Trinajstić information content (AvgIpc) is 3.17. The number of aromatic nitrogens is 3. The van der Waals surface area contributed by atoms with Crippen molar-refractivity contribution < 1.29 is 14.3 Å². The number of pyridine rings is 1. The van der Waals surface area contributed by atoms with E-state index in [4.69, 9.17) is 9.47 Å². The Balaban J connectivity index is 1.70. The van der Waals surface area contributed by atoms with Crippen LogP contribution in [-0.2, 0) is 18.3 Å². The number of nitrogens with zero attached hydrogens (tertiary/aromatic N) is 4. The van der Waals surface area contributed by atoms with Crippen molar-refractivity contribution in [2.24, 2.45) is 7.05 Å². The number of ether oxygens (including phenoxy) is 2. The molecule has 0 aliphatic rings. The lowest BCUT2D eigenvalue weighted by atomic mass is 10.1. The lowest BCUT2D eigenvalue weighted by Crippen LogP contribution is -2.26. The molecule has 0 aliphatic carbocycles. The Bertz CT molecular complexity index is 1130. The van der Waals surface area contributed by atoms with Crippen LogP contribution in [0.5, 0.6) is 11.5 Å². The first kappa shape index (κ1) is 21.6. The number of benzene rings is 1. The average molecular weight is 417 g/mol. The Kier molecular flexibility index (Phi) is 7.01. The molecule has 2 heterocycles. The van der Waals surface area contributed by atoms with Crippen molar-refractivity contribution in [1.82, 2.24) is 20.1 Å².